The van der Waals surface area contributed by atoms with Gasteiger partial charge in [0.15, 0.2) is 0 Å². The van der Waals surface area contributed by atoms with Crippen molar-refractivity contribution in [1.29, 1.82) is 0 Å². The molecule has 4 rings (SSSR count). The summed E-state index contributed by atoms with van der Waals surface area (Å²) in [6.45, 7) is 5.98. The first-order valence-electron chi connectivity index (χ1n) is 10.3. The van der Waals surface area contributed by atoms with Gasteiger partial charge < -0.3 is 14.7 Å². The fraction of sp³-hybridized carbons (Fsp3) is 0.632. The Morgan fingerprint density at radius 2 is 2.10 bits per heavy atom. The molecule has 0 radical (unpaired) electrons. The topological polar surface area (TPSA) is 109 Å². The summed E-state index contributed by atoms with van der Waals surface area (Å²) in [7, 11) is -3.66. The molecular formula is C19H27N5O4S2. The third kappa shape index (κ3) is 4.74. The Hall–Kier alpha value is -1.82. The van der Waals surface area contributed by atoms with E-state index in [4.69, 9.17) is 4.52 Å². The number of thiophene rings is 1. The molecule has 1 N–H and O–H groups in total. The molecule has 0 aliphatic carbocycles. The van der Waals surface area contributed by atoms with Gasteiger partial charge in [-0.3, -0.25) is 4.79 Å². The maximum absolute atomic E-state index is 13.1. The van der Waals surface area contributed by atoms with Crippen molar-refractivity contribution in [3.8, 4) is 11.4 Å². The molecule has 2 aliphatic heterocycles. The fourth-order valence-electron chi connectivity index (χ4n) is 3.98. The van der Waals surface area contributed by atoms with E-state index in [9.17, 15) is 13.2 Å². The van der Waals surface area contributed by atoms with Crippen LogP contribution < -0.4 is 5.32 Å². The normalized spacial score (nSPS) is 21.2. The standard InChI is InChI=1S/C19H27N5O4S2/c1-14-21-18(22-28-14)16-11-17(29-13-16)30(26,27)24-9-4-5-15(12-24)19(25)20-6-10-23-7-2-3-8-23/h11,13,15H,2-10,12H2,1H3,(H,20,25)/t15-/m1/s1. The quantitative estimate of drug-likeness (QED) is 0.680. The molecule has 1 atom stereocenters. The first kappa shape index (κ1) is 21.4. The number of piperidine rings is 1. The van der Waals surface area contributed by atoms with Gasteiger partial charge in [0.2, 0.25) is 17.6 Å². The number of aryl methyl sites for hydroxylation is 1. The van der Waals surface area contributed by atoms with Gasteiger partial charge in [0.05, 0.1) is 5.92 Å². The Balaban J connectivity index is 1.37. The van der Waals surface area contributed by atoms with E-state index in [-0.39, 0.29) is 22.6 Å². The molecule has 4 heterocycles. The molecule has 2 aromatic rings. The van der Waals surface area contributed by atoms with Crippen molar-refractivity contribution in [2.24, 2.45) is 5.92 Å². The Labute approximate surface area is 180 Å². The lowest BCUT2D eigenvalue weighted by molar-refractivity contribution is -0.126. The van der Waals surface area contributed by atoms with Crippen molar-refractivity contribution in [2.75, 3.05) is 39.3 Å². The number of carbonyl (C=O) groups is 1. The van der Waals surface area contributed by atoms with Crippen molar-refractivity contribution < 1.29 is 17.7 Å². The van der Waals surface area contributed by atoms with Gasteiger partial charge in [-0.25, -0.2) is 8.42 Å². The van der Waals surface area contributed by atoms with E-state index in [0.29, 0.717) is 43.2 Å². The lowest BCUT2D eigenvalue weighted by Gasteiger charge is -2.31. The molecule has 1 amide bonds. The predicted molar refractivity (Wildman–Crippen MR) is 113 cm³/mol. The van der Waals surface area contributed by atoms with E-state index in [1.165, 1.54) is 17.1 Å². The van der Waals surface area contributed by atoms with Crippen LogP contribution in [-0.4, -0.2) is 72.9 Å². The van der Waals surface area contributed by atoms with Gasteiger partial charge in [-0.05, 0) is 44.8 Å². The van der Waals surface area contributed by atoms with Crippen LogP contribution in [0.5, 0.6) is 0 Å². The minimum absolute atomic E-state index is 0.0526. The van der Waals surface area contributed by atoms with E-state index < -0.39 is 10.0 Å². The highest BCUT2D eigenvalue weighted by Crippen LogP contribution is 2.31. The van der Waals surface area contributed by atoms with Crippen LogP contribution in [-0.2, 0) is 14.8 Å². The second-order valence-electron chi connectivity index (χ2n) is 7.83. The molecule has 0 saturated carbocycles. The van der Waals surface area contributed by atoms with Gasteiger partial charge >= 0.3 is 0 Å². The number of amides is 1. The summed E-state index contributed by atoms with van der Waals surface area (Å²) >= 11 is 1.13. The minimum Gasteiger partial charge on any atom is -0.355 e. The van der Waals surface area contributed by atoms with Crippen LogP contribution in [0, 0.1) is 12.8 Å². The Kier molecular flexibility index (Phi) is 6.51. The Morgan fingerprint density at radius 1 is 1.30 bits per heavy atom. The molecule has 164 valence electrons. The second kappa shape index (κ2) is 9.13. The summed E-state index contributed by atoms with van der Waals surface area (Å²) in [6.07, 6.45) is 3.82. The SMILES string of the molecule is Cc1nc(-c2csc(S(=O)(=O)N3CCC[C@@H](C(=O)NCCN4CCCC4)C3)c2)no1. The van der Waals surface area contributed by atoms with Crippen molar-refractivity contribution in [2.45, 2.75) is 36.8 Å². The summed E-state index contributed by atoms with van der Waals surface area (Å²) in [5.74, 6) is 0.434. The minimum atomic E-state index is -3.66. The third-order valence-corrected chi connectivity index (χ3v) is 8.92. The van der Waals surface area contributed by atoms with Crippen LogP contribution in [0.15, 0.2) is 20.2 Å². The van der Waals surface area contributed by atoms with Crippen LogP contribution in [0.2, 0.25) is 0 Å². The number of sulfonamides is 1. The molecule has 2 aromatic heterocycles. The van der Waals surface area contributed by atoms with Gasteiger partial charge in [-0.15, -0.1) is 11.3 Å². The monoisotopic (exact) mass is 453 g/mol. The average molecular weight is 454 g/mol. The zero-order valence-corrected chi connectivity index (χ0v) is 18.7. The van der Waals surface area contributed by atoms with Crippen molar-refractivity contribution in [1.82, 2.24) is 24.7 Å². The predicted octanol–water partition coefficient (Wildman–Crippen LogP) is 1.72. The van der Waals surface area contributed by atoms with Gasteiger partial charge in [-0.2, -0.15) is 9.29 Å². The molecule has 2 saturated heterocycles. The lowest BCUT2D eigenvalue weighted by atomic mass is 9.99. The van der Waals surface area contributed by atoms with Crippen LogP contribution in [0.1, 0.15) is 31.6 Å². The average Bonchev–Trinajstić information content (AvgIpc) is 3.49. The Morgan fingerprint density at radius 3 is 2.83 bits per heavy atom. The maximum atomic E-state index is 13.1. The molecule has 30 heavy (non-hydrogen) atoms. The smallest absolute Gasteiger partial charge is 0.252 e. The zero-order valence-electron chi connectivity index (χ0n) is 17.0. The molecule has 0 aromatic carbocycles. The van der Waals surface area contributed by atoms with Crippen LogP contribution in [0.4, 0.5) is 0 Å². The van der Waals surface area contributed by atoms with E-state index in [1.54, 1.807) is 18.4 Å². The zero-order chi connectivity index (χ0) is 21.1. The first-order valence-corrected chi connectivity index (χ1v) is 12.6. The highest BCUT2D eigenvalue weighted by Gasteiger charge is 2.34. The van der Waals surface area contributed by atoms with Gasteiger partial charge in [0, 0.05) is 44.0 Å². The number of rotatable bonds is 7. The first-order chi connectivity index (χ1) is 14.4. The van der Waals surface area contributed by atoms with E-state index in [2.05, 4.69) is 20.4 Å². The molecular weight excluding hydrogens is 426 g/mol. The molecule has 0 unspecified atom stereocenters. The van der Waals surface area contributed by atoms with Crippen LogP contribution >= 0.6 is 11.3 Å². The van der Waals surface area contributed by atoms with Gasteiger partial charge in [-0.1, -0.05) is 5.16 Å². The molecule has 0 spiro atoms. The summed E-state index contributed by atoms with van der Waals surface area (Å²) in [4.78, 5) is 19.1. The molecule has 0 bridgehead atoms. The van der Waals surface area contributed by atoms with Crippen molar-refractivity contribution >= 4 is 27.3 Å². The highest BCUT2D eigenvalue weighted by atomic mass is 32.2. The van der Waals surface area contributed by atoms with E-state index in [0.717, 1.165) is 31.0 Å². The number of hydrogen-bond acceptors (Lipinski definition) is 8. The molecule has 11 heteroatoms. The van der Waals surface area contributed by atoms with E-state index >= 15 is 0 Å². The summed E-state index contributed by atoms with van der Waals surface area (Å²) in [5.41, 5.74) is 0.614. The number of aromatic nitrogens is 2. The van der Waals surface area contributed by atoms with E-state index in [1.807, 2.05) is 0 Å². The Bertz CT molecular complexity index is 981. The number of nitrogens with one attached hydrogen (secondary N) is 1. The number of likely N-dealkylation sites (tertiary alicyclic amines) is 1. The molecule has 2 fully saturated rings. The van der Waals surface area contributed by atoms with Crippen LogP contribution in [0.25, 0.3) is 11.4 Å². The number of nitrogens with zero attached hydrogens (tertiary/aromatic N) is 4. The number of carbonyl (C=O) groups excluding carboxylic acids is 1. The fourth-order valence-corrected chi connectivity index (χ4v) is 6.81. The van der Waals surface area contributed by atoms with Gasteiger partial charge in [0.25, 0.3) is 10.0 Å². The number of hydrogen-bond donors (Lipinski definition) is 1. The lowest BCUT2D eigenvalue weighted by Crippen LogP contribution is -2.46. The summed E-state index contributed by atoms with van der Waals surface area (Å²) in [6, 6.07) is 1.57. The van der Waals surface area contributed by atoms with Crippen LogP contribution in [0.3, 0.4) is 0 Å². The largest absolute Gasteiger partial charge is 0.355 e. The summed E-state index contributed by atoms with van der Waals surface area (Å²) < 4.78 is 32.9. The van der Waals surface area contributed by atoms with Crippen molar-refractivity contribution in [3.63, 3.8) is 0 Å². The van der Waals surface area contributed by atoms with Gasteiger partial charge in [0.1, 0.15) is 4.21 Å². The highest BCUT2D eigenvalue weighted by molar-refractivity contribution is 7.91. The van der Waals surface area contributed by atoms with Crippen molar-refractivity contribution in [3.05, 3.63) is 17.3 Å². The maximum Gasteiger partial charge on any atom is 0.252 e. The molecule has 9 nitrogen and oxygen atoms in total. The summed E-state index contributed by atoms with van der Waals surface area (Å²) in [5, 5.41) is 8.55. The third-order valence-electron chi connectivity index (χ3n) is 5.64. The second-order valence-corrected chi connectivity index (χ2v) is 10.9. The molecule has 2 aliphatic rings.